The molecule has 0 aliphatic heterocycles. The number of aliphatic hydroxyl groups excluding tert-OH is 1. The van der Waals surface area contributed by atoms with E-state index in [9.17, 15) is 5.11 Å². The number of hydrogen-bond acceptors (Lipinski definition) is 2. The summed E-state index contributed by atoms with van der Waals surface area (Å²) in [6.07, 6.45) is 5.27. The van der Waals surface area contributed by atoms with Crippen molar-refractivity contribution >= 4 is 8.32 Å². The number of allylic oxidation sites excluding steroid dienone is 2. The van der Waals surface area contributed by atoms with Crippen molar-refractivity contribution in [2.24, 2.45) is 5.41 Å². The summed E-state index contributed by atoms with van der Waals surface area (Å²) in [5.74, 6) is 0. The molecule has 0 bridgehead atoms. The van der Waals surface area contributed by atoms with Gasteiger partial charge in [-0.2, -0.15) is 0 Å². The molecule has 0 radical (unpaired) electrons. The molecular weight excluding hydrogens is 252 g/mol. The van der Waals surface area contributed by atoms with E-state index in [1.807, 2.05) is 13.0 Å². The lowest BCUT2D eigenvalue weighted by Crippen LogP contribution is -2.44. The smallest absolute Gasteiger partial charge is 0.184 e. The van der Waals surface area contributed by atoms with E-state index < -0.39 is 14.4 Å². The van der Waals surface area contributed by atoms with Crippen molar-refractivity contribution in [3.05, 3.63) is 24.3 Å². The zero-order valence-corrected chi connectivity index (χ0v) is 14.8. The maximum atomic E-state index is 10.6. The molecule has 3 heteroatoms. The first kappa shape index (κ1) is 18.6. The molecule has 0 spiro atoms. The van der Waals surface area contributed by atoms with E-state index in [4.69, 9.17) is 4.43 Å². The van der Waals surface area contributed by atoms with Crippen LogP contribution < -0.4 is 0 Å². The van der Waals surface area contributed by atoms with Gasteiger partial charge in [-0.3, -0.25) is 0 Å². The first-order valence-electron chi connectivity index (χ1n) is 7.14. The molecule has 0 rings (SSSR count). The van der Waals surface area contributed by atoms with Crippen molar-refractivity contribution in [2.75, 3.05) is 0 Å². The summed E-state index contributed by atoms with van der Waals surface area (Å²) in [7, 11) is -1.63. The minimum atomic E-state index is -1.63. The Labute approximate surface area is 120 Å². The number of aliphatic hydroxyl groups is 1. The molecule has 0 aliphatic rings. The van der Waals surface area contributed by atoms with Gasteiger partial charge in [0.25, 0.3) is 0 Å². The van der Waals surface area contributed by atoms with Gasteiger partial charge in [0.05, 0.1) is 12.2 Å². The Morgan fingerprint density at radius 1 is 1.37 bits per heavy atom. The fraction of sp³-hybridized carbons (Fsp3) is 0.750. The highest BCUT2D eigenvalue weighted by atomic mass is 28.4. The number of hydrogen-bond donors (Lipinski definition) is 1. The molecule has 0 aromatic carbocycles. The van der Waals surface area contributed by atoms with E-state index in [-0.39, 0.29) is 11.5 Å². The predicted molar refractivity (Wildman–Crippen MR) is 86.9 cm³/mol. The summed E-state index contributed by atoms with van der Waals surface area (Å²) in [6, 6.07) is 0. The average molecular weight is 285 g/mol. The van der Waals surface area contributed by atoms with Crippen LogP contribution in [0.1, 0.15) is 40.5 Å². The van der Waals surface area contributed by atoms with Gasteiger partial charge >= 0.3 is 0 Å². The molecule has 112 valence electrons. The Hall–Kier alpha value is -0.383. The molecule has 3 atom stereocenters. The van der Waals surface area contributed by atoms with Crippen LogP contribution in [0.15, 0.2) is 24.3 Å². The standard InChI is InChI=1S/C16H32O2Si/c1-9-16(5,12-10-11-13(2)3)15(17)14(4)18-19(6,7)8/h9,11,14-15,17H,1,10,12H2,2-8H3. The maximum absolute atomic E-state index is 10.6. The second kappa shape index (κ2) is 7.41. The summed E-state index contributed by atoms with van der Waals surface area (Å²) >= 11 is 0. The van der Waals surface area contributed by atoms with E-state index in [2.05, 4.69) is 53.1 Å². The molecular formula is C16H32O2Si. The van der Waals surface area contributed by atoms with E-state index in [0.29, 0.717) is 0 Å². The van der Waals surface area contributed by atoms with Gasteiger partial charge in [0.15, 0.2) is 8.32 Å². The fourth-order valence-corrected chi connectivity index (χ4v) is 3.45. The Morgan fingerprint density at radius 3 is 2.26 bits per heavy atom. The van der Waals surface area contributed by atoms with Crippen molar-refractivity contribution in [1.82, 2.24) is 0 Å². The lowest BCUT2D eigenvalue weighted by Gasteiger charge is -2.37. The molecule has 2 nitrogen and oxygen atoms in total. The van der Waals surface area contributed by atoms with E-state index in [1.54, 1.807) is 0 Å². The van der Waals surface area contributed by atoms with Crippen molar-refractivity contribution in [3.8, 4) is 0 Å². The van der Waals surface area contributed by atoms with E-state index in [0.717, 1.165) is 12.8 Å². The van der Waals surface area contributed by atoms with E-state index in [1.165, 1.54) is 5.57 Å². The number of rotatable bonds is 8. The van der Waals surface area contributed by atoms with Gasteiger partial charge in [-0.25, -0.2) is 0 Å². The maximum Gasteiger partial charge on any atom is 0.184 e. The average Bonchev–Trinajstić information content (AvgIpc) is 2.24. The molecule has 0 aliphatic carbocycles. The third-order valence-corrected chi connectivity index (χ3v) is 4.44. The Kier molecular flexibility index (Phi) is 7.26. The Bertz CT molecular complexity index is 313. The van der Waals surface area contributed by atoms with Gasteiger partial charge in [0.1, 0.15) is 0 Å². The summed E-state index contributed by atoms with van der Waals surface area (Å²) in [6.45, 7) is 18.6. The van der Waals surface area contributed by atoms with Crippen molar-refractivity contribution in [3.63, 3.8) is 0 Å². The molecule has 0 aromatic rings. The second-order valence-corrected chi connectivity index (χ2v) is 11.4. The van der Waals surface area contributed by atoms with E-state index >= 15 is 0 Å². The summed E-state index contributed by atoms with van der Waals surface area (Å²) < 4.78 is 6.00. The lowest BCUT2D eigenvalue weighted by molar-refractivity contribution is -0.0246. The summed E-state index contributed by atoms with van der Waals surface area (Å²) in [4.78, 5) is 0. The Morgan fingerprint density at radius 2 is 1.89 bits per heavy atom. The van der Waals surface area contributed by atoms with Crippen molar-refractivity contribution in [2.45, 2.75) is 72.4 Å². The van der Waals surface area contributed by atoms with Crippen molar-refractivity contribution in [1.29, 1.82) is 0 Å². The first-order chi connectivity index (χ1) is 8.52. The van der Waals surface area contributed by atoms with Crippen LogP contribution >= 0.6 is 0 Å². The zero-order chi connectivity index (χ0) is 15.3. The van der Waals surface area contributed by atoms with Crippen LogP contribution in [-0.4, -0.2) is 25.6 Å². The van der Waals surface area contributed by atoms with Crippen molar-refractivity contribution < 1.29 is 9.53 Å². The lowest BCUT2D eigenvalue weighted by atomic mass is 9.78. The molecule has 19 heavy (non-hydrogen) atoms. The monoisotopic (exact) mass is 284 g/mol. The highest BCUT2D eigenvalue weighted by Crippen LogP contribution is 2.33. The minimum absolute atomic E-state index is 0.152. The van der Waals surface area contributed by atoms with Gasteiger partial charge < -0.3 is 9.53 Å². The summed E-state index contributed by atoms with van der Waals surface area (Å²) in [5.41, 5.74) is 1.01. The minimum Gasteiger partial charge on any atom is -0.412 e. The first-order valence-corrected chi connectivity index (χ1v) is 10.6. The summed E-state index contributed by atoms with van der Waals surface area (Å²) in [5, 5.41) is 10.6. The van der Waals surface area contributed by atoms with Crippen LogP contribution in [0.5, 0.6) is 0 Å². The van der Waals surface area contributed by atoms with Gasteiger partial charge in [-0.1, -0.05) is 24.6 Å². The van der Waals surface area contributed by atoms with Crippen LogP contribution in [-0.2, 0) is 4.43 Å². The highest BCUT2D eigenvalue weighted by molar-refractivity contribution is 6.69. The predicted octanol–water partition coefficient (Wildman–Crippen LogP) is 4.53. The third kappa shape index (κ3) is 7.09. The molecule has 1 N–H and O–H groups in total. The molecule has 0 aromatic heterocycles. The fourth-order valence-electron chi connectivity index (χ4n) is 2.20. The molecule has 0 fully saturated rings. The topological polar surface area (TPSA) is 29.5 Å². The molecule has 3 unspecified atom stereocenters. The highest BCUT2D eigenvalue weighted by Gasteiger charge is 2.35. The normalized spacial score (nSPS) is 18.3. The SMILES string of the molecule is C=CC(C)(CCC=C(C)C)C(O)C(C)O[Si](C)(C)C. The van der Waals surface area contributed by atoms with Gasteiger partial charge in [-0.05, 0) is 53.3 Å². The third-order valence-electron chi connectivity index (χ3n) is 3.36. The van der Waals surface area contributed by atoms with Crippen LogP contribution in [0.4, 0.5) is 0 Å². The Balaban J connectivity index is 4.72. The zero-order valence-electron chi connectivity index (χ0n) is 13.8. The van der Waals surface area contributed by atoms with Crippen LogP contribution in [0.25, 0.3) is 0 Å². The second-order valence-electron chi connectivity index (χ2n) is 6.91. The largest absolute Gasteiger partial charge is 0.412 e. The van der Waals surface area contributed by atoms with Gasteiger partial charge in [0.2, 0.25) is 0 Å². The van der Waals surface area contributed by atoms with Crippen LogP contribution in [0.2, 0.25) is 19.6 Å². The quantitative estimate of drug-likeness (QED) is 0.524. The van der Waals surface area contributed by atoms with Crippen LogP contribution in [0.3, 0.4) is 0 Å². The molecule has 0 saturated heterocycles. The molecule has 0 heterocycles. The molecule has 0 amide bonds. The van der Waals surface area contributed by atoms with Gasteiger partial charge in [0, 0.05) is 5.41 Å². The van der Waals surface area contributed by atoms with Crippen LogP contribution in [0, 0.1) is 5.41 Å². The van der Waals surface area contributed by atoms with Gasteiger partial charge in [-0.15, -0.1) is 6.58 Å². The molecule has 0 saturated carbocycles.